The second-order valence-electron chi connectivity index (χ2n) is 6.61. The molecule has 2 amide bonds. The Morgan fingerprint density at radius 1 is 1.27 bits per heavy atom. The minimum absolute atomic E-state index is 0.00471. The second kappa shape index (κ2) is 6.09. The van der Waals surface area contributed by atoms with Gasteiger partial charge in [0.05, 0.1) is 12.1 Å². The first-order valence-electron chi connectivity index (χ1n) is 8.01. The van der Waals surface area contributed by atoms with Crippen LogP contribution in [0.3, 0.4) is 0 Å². The minimum Gasteiger partial charge on any atom is -0.393 e. The molecule has 1 spiro atoms. The maximum Gasteiger partial charge on any atom is 0.318 e. The van der Waals surface area contributed by atoms with Crippen LogP contribution in [0.1, 0.15) is 50.6 Å². The number of carbonyl (C=O) groups is 1. The number of amides is 2. The lowest BCUT2D eigenvalue weighted by Gasteiger charge is -2.47. The molecule has 120 valence electrons. The number of hydrogen-bond acceptors (Lipinski definition) is 2. The average molecular weight is 323 g/mol. The third-order valence-electron chi connectivity index (χ3n) is 5.20. The second-order valence-corrected chi connectivity index (χ2v) is 7.05. The van der Waals surface area contributed by atoms with Crippen molar-refractivity contribution >= 4 is 17.6 Å². The number of hydrogen-bond donors (Lipinski definition) is 2. The summed E-state index contributed by atoms with van der Waals surface area (Å²) in [5.74, 6) is 0. The van der Waals surface area contributed by atoms with E-state index in [1.807, 2.05) is 36.1 Å². The van der Waals surface area contributed by atoms with Crippen LogP contribution in [0.4, 0.5) is 4.79 Å². The van der Waals surface area contributed by atoms with E-state index < -0.39 is 0 Å². The normalized spacial score (nSPS) is 30.2. The molecule has 0 radical (unpaired) electrons. The van der Waals surface area contributed by atoms with Crippen LogP contribution in [0.2, 0.25) is 5.02 Å². The van der Waals surface area contributed by atoms with E-state index in [0.29, 0.717) is 5.02 Å². The van der Waals surface area contributed by atoms with Crippen molar-refractivity contribution in [3.05, 3.63) is 34.9 Å². The van der Waals surface area contributed by atoms with E-state index in [0.717, 1.165) is 44.2 Å². The van der Waals surface area contributed by atoms with Crippen molar-refractivity contribution in [2.24, 2.45) is 0 Å². The third-order valence-corrected chi connectivity index (χ3v) is 5.45. The maximum atomic E-state index is 12.6. The van der Waals surface area contributed by atoms with E-state index in [2.05, 4.69) is 5.32 Å². The zero-order valence-electron chi connectivity index (χ0n) is 12.9. The number of benzene rings is 1. The summed E-state index contributed by atoms with van der Waals surface area (Å²) in [7, 11) is 0. The number of rotatable bonds is 2. The summed E-state index contributed by atoms with van der Waals surface area (Å²) in [5.41, 5.74) is 0.988. The van der Waals surface area contributed by atoms with Gasteiger partial charge in [-0.05, 0) is 56.7 Å². The Balaban J connectivity index is 1.68. The summed E-state index contributed by atoms with van der Waals surface area (Å²) >= 11 is 5.93. The molecule has 3 rings (SSSR count). The highest BCUT2D eigenvalue weighted by Crippen LogP contribution is 2.35. The van der Waals surface area contributed by atoms with Gasteiger partial charge in [-0.25, -0.2) is 4.79 Å². The fourth-order valence-corrected chi connectivity index (χ4v) is 3.74. The standard InChI is InChI=1S/C17H23ClN2O2/c1-12(13-2-4-14(18)5-3-13)20-11-10-17(19-16(20)22)8-6-15(21)7-9-17/h2-5,12,15,21H,6-11H2,1H3,(H,19,22)/t12-,15-,17-/m0/s1. The molecule has 1 aromatic carbocycles. The van der Waals surface area contributed by atoms with Gasteiger partial charge in [0.2, 0.25) is 0 Å². The van der Waals surface area contributed by atoms with Crippen molar-refractivity contribution in [2.45, 2.75) is 56.7 Å². The first-order valence-corrected chi connectivity index (χ1v) is 8.39. The molecule has 1 heterocycles. The van der Waals surface area contributed by atoms with Gasteiger partial charge >= 0.3 is 6.03 Å². The predicted octanol–water partition coefficient (Wildman–Crippen LogP) is 3.49. The van der Waals surface area contributed by atoms with E-state index in [9.17, 15) is 9.90 Å². The number of nitrogens with one attached hydrogen (secondary N) is 1. The molecule has 0 aromatic heterocycles. The lowest BCUT2D eigenvalue weighted by molar-refractivity contribution is 0.0572. The molecule has 1 atom stereocenters. The molecular formula is C17H23ClN2O2. The van der Waals surface area contributed by atoms with Gasteiger partial charge in [0.15, 0.2) is 0 Å². The summed E-state index contributed by atoms with van der Waals surface area (Å²) in [6.07, 6.45) is 4.07. The summed E-state index contributed by atoms with van der Waals surface area (Å²) < 4.78 is 0. The lowest BCUT2D eigenvalue weighted by atomic mass is 9.77. The van der Waals surface area contributed by atoms with Gasteiger partial charge in [-0.15, -0.1) is 0 Å². The Bertz CT molecular complexity index is 538. The van der Waals surface area contributed by atoms with Gasteiger partial charge < -0.3 is 15.3 Å². The molecule has 1 saturated heterocycles. The van der Waals surface area contributed by atoms with E-state index in [4.69, 9.17) is 11.6 Å². The van der Waals surface area contributed by atoms with Gasteiger partial charge in [-0.3, -0.25) is 0 Å². The van der Waals surface area contributed by atoms with Crippen LogP contribution in [0.5, 0.6) is 0 Å². The Labute approximate surface area is 136 Å². The van der Waals surface area contributed by atoms with Crippen molar-refractivity contribution in [3.8, 4) is 0 Å². The number of carbonyl (C=O) groups excluding carboxylic acids is 1. The van der Waals surface area contributed by atoms with Gasteiger partial charge in [-0.1, -0.05) is 23.7 Å². The van der Waals surface area contributed by atoms with Crippen molar-refractivity contribution in [1.82, 2.24) is 10.2 Å². The molecule has 1 aromatic rings. The van der Waals surface area contributed by atoms with Crippen LogP contribution in [0, 0.1) is 0 Å². The van der Waals surface area contributed by atoms with Crippen molar-refractivity contribution in [3.63, 3.8) is 0 Å². The third kappa shape index (κ3) is 3.08. The zero-order valence-corrected chi connectivity index (χ0v) is 13.6. The average Bonchev–Trinajstić information content (AvgIpc) is 2.51. The van der Waals surface area contributed by atoms with Gasteiger partial charge in [0.1, 0.15) is 0 Å². The van der Waals surface area contributed by atoms with Crippen molar-refractivity contribution in [2.75, 3.05) is 6.54 Å². The van der Waals surface area contributed by atoms with Crippen molar-refractivity contribution < 1.29 is 9.90 Å². The Morgan fingerprint density at radius 2 is 1.91 bits per heavy atom. The molecule has 1 saturated carbocycles. The Hall–Kier alpha value is -1.26. The predicted molar refractivity (Wildman–Crippen MR) is 86.9 cm³/mol. The number of aliphatic hydroxyl groups is 1. The van der Waals surface area contributed by atoms with Crippen LogP contribution >= 0.6 is 11.6 Å². The number of halogens is 1. The zero-order chi connectivity index (χ0) is 15.7. The van der Waals surface area contributed by atoms with E-state index in [1.54, 1.807) is 0 Å². The number of aliphatic hydroxyl groups excluding tert-OH is 1. The molecule has 2 N–H and O–H groups in total. The molecule has 0 bridgehead atoms. The highest BCUT2D eigenvalue weighted by Gasteiger charge is 2.41. The highest BCUT2D eigenvalue weighted by atomic mass is 35.5. The molecule has 1 aliphatic heterocycles. The lowest BCUT2D eigenvalue weighted by Crippen LogP contribution is -2.61. The van der Waals surface area contributed by atoms with Gasteiger partial charge in [0.25, 0.3) is 0 Å². The maximum absolute atomic E-state index is 12.6. The van der Waals surface area contributed by atoms with E-state index >= 15 is 0 Å². The van der Waals surface area contributed by atoms with Crippen LogP contribution in [-0.2, 0) is 0 Å². The van der Waals surface area contributed by atoms with Crippen LogP contribution in [0.15, 0.2) is 24.3 Å². The van der Waals surface area contributed by atoms with Gasteiger partial charge in [0, 0.05) is 17.1 Å². The monoisotopic (exact) mass is 322 g/mol. The van der Waals surface area contributed by atoms with Crippen LogP contribution < -0.4 is 5.32 Å². The summed E-state index contributed by atoms with van der Waals surface area (Å²) in [4.78, 5) is 14.4. The molecule has 1 aliphatic carbocycles. The molecule has 0 unspecified atom stereocenters. The first-order chi connectivity index (χ1) is 10.5. The van der Waals surface area contributed by atoms with Crippen molar-refractivity contribution in [1.29, 1.82) is 0 Å². The fourth-order valence-electron chi connectivity index (χ4n) is 3.62. The molecule has 2 aliphatic rings. The first kappa shape index (κ1) is 15.6. The van der Waals surface area contributed by atoms with Gasteiger partial charge in [-0.2, -0.15) is 0 Å². The SMILES string of the molecule is C[C@@H](c1ccc(Cl)cc1)N1CC[C@]2(CC[C@@H](O)CC2)NC1=O. The Kier molecular flexibility index (Phi) is 4.33. The smallest absolute Gasteiger partial charge is 0.318 e. The molecule has 2 fully saturated rings. The fraction of sp³-hybridized carbons (Fsp3) is 0.588. The molecule has 5 heteroatoms. The molecular weight excluding hydrogens is 300 g/mol. The minimum atomic E-state index is -0.200. The molecule has 4 nitrogen and oxygen atoms in total. The summed E-state index contributed by atoms with van der Waals surface area (Å²) in [6, 6.07) is 7.70. The molecule has 22 heavy (non-hydrogen) atoms. The largest absolute Gasteiger partial charge is 0.393 e. The number of urea groups is 1. The summed E-state index contributed by atoms with van der Waals surface area (Å²) in [6.45, 7) is 2.80. The van der Waals surface area contributed by atoms with E-state index in [-0.39, 0.29) is 23.7 Å². The van der Waals surface area contributed by atoms with Crippen LogP contribution in [-0.4, -0.2) is 34.2 Å². The summed E-state index contributed by atoms with van der Waals surface area (Å²) in [5, 5.41) is 13.6. The quantitative estimate of drug-likeness (QED) is 0.875. The number of nitrogens with zero attached hydrogens (tertiary/aromatic N) is 1. The van der Waals surface area contributed by atoms with E-state index in [1.165, 1.54) is 0 Å². The topological polar surface area (TPSA) is 52.6 Å². The van der Waals surface area contributed by atoms with Crippen LogP contribution in [0.25, 0.3) is 0 Å². The highest BCUT2D eigenvalue weighted by molar-refractivity contribution is 6.30. The Morgan fingerprint density at radius 3 is 2.50 bits per heavy atom.